The Bertz CT molecular complexity index is 830. The summed E-state index contributed by atoms with van der Waals surface area (Å²) in [4.78, 5) is 17.1. The van der Waals surface area contributed by atoms with E-state index >= 15 is 0 Å². The van der Waals surface area contributed by atoms with Crippen LogP contribution in [0.25, 0.3) is 0 Å². The Morgan fingerprint density at radius 2 is 0.981 bits per heavy atom. The highest BCUT2D eigenvalue weighted by molar-refractivity contribution is 5.67. The maximum absolute atomic E-state index is 12.5. The standard InChI is InChI=1S/C47H91N3O4/c1-4-6-8-10-12-14-16-18-20-22-24-26-28-30-32-34-41-52-45-46(44-48-47(51)54-43-40-50-38-36-49(3)37-39-50)53-42-35-33-31-29-27-25-23-21-19-17-15-13-11-9-7-5-2/h18-21,46H,4-17,22-45H2,1-3H3,(H,48,51)/b20-18-,21-19-. The molecule has 0 aromatic heterocycles. The van der Waals surface area contributed by atoms with E-state index in [0.717, 1.165) is 52.2 Å². The van der Waals surface area contributed by atoms with Gasteiger partial charge in [0.05, 0.1) is 12.7 Å². The van der Waals surface area contributed by atoms with Gasteiger partial charge in [0.1, 0.15) is 6.61 Å². The lowest BCUT2D eigenvalue weighted by molar-refractivity contribution is -0.0176. The van der Waals surface area contributed by atoms with E-state index in [-0.39, 0.29) is 12.2 Å². The number of unbranched alkanes of at least 4 members (excludes halogenated alkanes) is 24. The maximum Gasteiger partial charge on any atom is 0.407 e. The molecule has 0 aromatic carbocycles. The van der Waals surface area contributed by atoms with Crippen LogP contribution in [-0.4, -0.2) is 94.7 Å². The first kappa shape index (κ1) is 50.6. The summed E-state index contributed by atoms with van der Waals surface area (Å²) < 4.78 is 17.8. The number of nitrogens with zero attached hydrogens (tertiary/aromatic N) is 2. The minimum absolute atomic E-state index is 0.146. The van der Waals surface area contributed by atoms with Crippen molar-refractivity contribution < 1.29 is 19.0 Å². The minimum Gasteiger partial charge on any atom is -0.448 e. The van der Waals surface area contributed by atoms with Crippen molar-refractivity contribution in [3.63, 3.8) is 0 Å². The quantitative estimate of drug-likeness (QED) is 0.0495. The van der Waals surface area contributed by atoms with Crippen molar-refractivity contribution in [3.8, 4) is 0 Å². The topological polar surface area (TPSA) is 63.3 Å². The Morgan fingerprint density at radius 1 is 0.556 bits per heavy atom. The lowest BCUT2D eigenvalue weighted by atomic mass is 10.1. The van der Waals surface area contributed by atoms with Crippen molar-refractivity contribution in [3.05, 3.63) is 24.3 Å². The van der Waals surface area contributed by atoms with Gasteiger partial charge in [-0.2, -0.15) is 0 Å². The molecule has 1 atom stereocenters. The first-order chi connectivity index (χ1) is 26.7. The Balaban J connectivity index is 2.14. The summed E-state index contributed by atoms with van der Waals surface area (Å²) in [5.74, 6) is 0. The minimum atomic E-state index is -0.358. The largest absolute Gasteiger partial charge is 0.448 e. The highest BCUT2D eigenvalue weighted by Gasteiger charge is 2.15. The van der Waals surface area contributed by atoms with Crippen LogP contribution >= 0.6 is 0 Å². The third-order valence-electron chi connectivity index (χ3n) is 10.8. The normalized spacial score (nSPS) is 14.8. The maximum atomic E-state index is 12.5. The van der Waals surface area contributed by atoms with E-state index < -0.39 is 0 Å². The molecule has 318 valence electrons. The van der Waals surface area contributed by atoms with Crippen molar-refractivity contribution in [1.29, 1.82) is 0 Å². The van der Waals surface area contributed by atoms with Crippen molar-refractivity contribution in [1.82, 2.24) is 15.1 Å². The third-order valence-corrected chi connectivity index (χ3v) is 10.8. The SMILES string of the molecule is CCCCCCCC/C=C\CCCCCCCCOCC(CNC(=O)OCCN1CCN(C)CC1)OCCCCCCCC/C=C\CCCCCCCC. The molecule has 54 heavy (non-hydrogen) atoms. The molecule has 1 saturated heterocycles. The molecule has 0 saturated carbocycles. The second-order valence-corrected chi connectivity index (χ2v) is 16.1. The van der Waals surface area contributed by atoms with Gasteiger partial charge in [-0.1, -0.05) is 154 Å². The number of allylic oxidation sites excluding steroid dienone is 4. The molecule has 0 radical (unpaired) electrons. The van der Waals surface area contributed by atoms with Crippen LogP contribution in [0, 0.1) is 0 Å². The lowest BCUT2D eigenvalue weighted by Gasteiger charge is -2.32. The molecule has 1 fully saturated rings. The van der Waals surface area contributed by atoms with Crippen LogP contribution in [0.5, 0.6) is 0 Å². The van der Waals surface area contributed by atoms with Crippen LogP contribution in [0.2, 0.25) is 0 Å². The average molecular weight is 762 g/mol. The van der Waals surface area contributed by atoms with Gasteiger partial charge in [0.2, 0.25) is 0 Å². The lowest BCUT2D eigenvalue weighted by Crippen LogP contribution is -2.46. The molecule has 7 heteroatoms. The molecule has 1 aliphatic rings. The van der Waals surface area contributed by atoms with Crippen LogP contribution in [0.4, 0.5) is 4.79 Å². The van der Waals surface area contributed by atoms with E-state index in [9.17, 15) is 4.79 Å². The van der Waals surface area contributed by atoms with Gasteiger partial charge >= 0.3 is 6.09 Å². The predicted molar refractivity (Wildman–Crippen MR) is 233 cm³/mol. The summed E-state index contributed by atoms with van der Waals surface area (Å²) in [6.45, 7) is 12.4. The van der Waals surface area contributed by atoms with Gasteiger partial charge in [0.15, 0.2) is 0 Å². The molecular weight excluding hydrogens is 671 g/mol. The number of ether oxygens (including phenoxy) is 3. The van der Waals surface area contributed by atoms with Crippen molar-refractivity contribution in [2.45, 2.75) is 200 Å². The highest BCUT2D eigenvalue weighted by Crippen LogP contribution is 2.12. The number of hydrogen-bond donors (Lipinski definition) is 1. The summed E-state index contributed by atoms with van der Waals surface area (Å²) in [7, 11) is 2.15. The number of piperazine rings is 1. The van der Waals surface area contributed by atoms with E-state index in [1.54, 1.807) is 0 Å². The predicted octanol–water partition coefficient (Wildman–Crippen LogP) is 12.4. The van der Waals surface area contributed by atoms with Crippen LogP contribution in [0.1, 0.15) is 194 Å². The summed E-state index contributed by atoms with van der Waals surface area (Å²) in [5.41, 5.74) is 0. The molecule has 1 unspecified atom stereocenters. The first-order valence-electron chi connectivity index (χ1n) is 23.5. The van der Waals surface area contributed by atoms with E-state index in [1.807, 2.05) is 0 Å². The van der Waals surface area contributed by atoms with Crippen molar-refractivity contribution >= 4 is 6.09 Å². The van der Waals surface area contributed by atoms with Crippen LogP contribution in [-0.2, 0) is 14.2 Å². The summed E-state index contributed by atoms with van der Waals surface area (Å²) >= 11 is 0. The monoisotopic (exact) mass is 762 g/mol. The average Bonchev–Trinajstić information content (AvgIpc) is 3.18. The molecule has 1 amide bonds. The Labute approximate surface area is 336 Å². The molecule has 0 bridgehead atoms. The van der Waals surface area contributed by atoms with Gasteiger partial charge < -0.3 is 24.4 Å². The van der Waals surface area contributed by atoms with Crippen molar-refractivity contribution in [2.24, 2.45) is 0 Å². The smallest absolute Gasteiger partial charge is 0.407 e. The highest BCUT2D eigenvalue weighted by atomic mass is 16.6. The number of carbonyl (C=O) groups excluding carboxylic acids is 1. The summed E-state index contributed by atoms with van der Waals surface area (Å²) in [6.07, 6.45) is 45.6. The van der Waals surface area contributed by atoms with Gasteiger partial charge in [-0.25, -0.2) is 4.79 Å². The number of likely N-dealkylation sites (N-methyl/N-ethyl adjacent to an activating group) is 1. The van der Waals surface area contributed by atoms with Crippen LogP contribution in [0.3, 0.4) is 0 Å². The second kappa shape index (κ2) is 41.2. The van der Waals surface area contributed by atoms with E-state index in [2.05, 4.69) is 60.3 Å². The molecule has 1 aliphatic heterocycles. The Hall–Kier alpha value is -1.41. The van der Waals surface area contributed by atoms with E-state index in [1.165, 1.54) is 167 Å². The molecule has 7 nitrogen and oxygen atoms in total. The number of rotatable bonds is 40. The van der Waals surface area contributed by atoms with Crippen LogP contribution in [0.15, 0.2) is 24.3 Å². The number of hydrogen-bond acceptors (Lipinski definition) is 6. The van der Waals surface area contributed by atoms with Crippen molar-refractivity contribution in [2.75, 3.05) is 72.7 Å². The first-order valence-corrected chi connectivity index (χ1v) is 23.5. The van der Waals surface area contributed by atoms with Gasteiger partial charge in [-0.05, 0) is 71.3 Å². The summed E-state index contributed by atoms with van der Waals surface area (Å²) in [6, 6.07) is 0. The molecule has 0 aromatic rings. The molecule has 0 aliphatic carbocycles. The number of alkyl carbamates (subject to hydrolysis) is 1. The van der Waals surface area contributed by atoms with E-state index in [4.69, 9.17) is 14.2 Å². The molecular formula is C47H91N3O4. The second-order valence-electron chi connectivity index (χ2n) is 16.1. The zero-order chi connectivity index (χ0) is 38.8. The summed E-state index contributed by atoms with van der Waals surface area (Å²) in [5, 5.41) is 2.94. The molecule has 0 spiro atoms. The van der Waals surface area contributed by atoms with Crippen LogP contribution < -0.4 is 5.32 Å². The fourth-order valence-electron chi connectivity index (χ4n) is 7.02. The number of nitrogens with one attached hydrogen (secondary N) is 1. The molecule has 1 rings (SSSR count). The molecule has 1 N–H and O–H groups in total. The third kappa shape index (κ3) is 36.2. The Kier molecular flexibility index (Phi) is 38.6. The zero-order valence-electron chi connectivity index (χ0n) is 36.3. The van der Waals surface area contributed by atoms with Gasteiger partial charge in [-0.15, -0.1) is 0 Å². The number of carbonyl (C=O) groups is 1. The fraction of sp³-hybridized carbons (Fsp3) is 0.894. The Morgan fingerprint density at radius 3 is 1.46 bits per heavy atom. The zero-order valence-corrected chi connectivity index (χ0v) is 36.3. The van der Waals surface area contributed by atoms with Gasteiger partial charge in [0.25, 0.3) is 0 Å². The fourth-order valence-corrected chi connectivity index (χ4v) is 7.02. The van der Waals surface area contributed by atoms with E-state index in [0.29, 0.717) is 26.4 Å². The number of amides is 1. The van der Waals surface area contributed by atoms with Gasteiger partial charge in [0, 0.05) is 52.5 Å². The molecule has 1 heterocycles. The van der Waals surface area contributed by atoms with Gasteiger partial charge in [-0.3, -0.25) is 4.90 Å².